The Hall–Kier alpha value is -3.08. The third kappa shape index (κ3) is 4.61. The van der Waals surface area contributed by atoms with Gasteiger partial charge in [0.05, 0.1) is 6.42 Å². The van der Waals surface area contributed by atoms with Crippen molar-refractivity contribution in [1.82, 2.24) is 0 Å². The van der Waals surface area contributed by atoms with E-state index in [2.05, 4.69) is 30.8 Å². The molecular formula is C29H24Cl2O4. The zero-order chi connectivity index (χ0) is 24.6. The number of ether oxygens (including phenoxy) is 2. The molecule has 0 radical (unpaired) electrons. The van der Waals surface area contributed by atoms with E-state index in [0.717, 1.165) is 34.2 Å². The number of benzene rings is 3. The third-order valence-electron chi connectivity index (χ3n) is 6.85. The summed E-state index contributed by atoms with van der Waals surface area (Å²) in [5.41, 5.74) is 4.61. The molecule has 5 rings (SSSR count). The average Bonchev–Trinajstić information content (AvgIpc) is 3.13. The van der Waals surface area contributed by atoms with E-state index in [1.165, 1.54) is 0 Å². The van der Waals surface area contributed by atoms with Crippen LogP contribution in [0.15, 0.2) is 78.9 Å². The lowest BCUT2D eigenvalue weighted by Crippen LogP contribution is -2.39. The monoisotopic (exact) mass is 506 g/mol. The van der Waals surface area contributed by atoms with Crippen LogP contribution >= 0.6 is 23.2 Å². The van der Waals surface area contributed by atoms with Gasteiger partial charge in [0.15, 0.2) is 0 Å². The third-order valence-corrected chi connectivity index (χ3v) is 7.29. The first kappa shape index (κ1) is 23.7. The zero-order valence-electron chi connectivity index (χ0n) is 19.1. The standard InChI is InChI=1S/C29H24Cl2O4/c1-18(13-27(32)35-29(11-6-12-29)19-14-20(30)16-21(31)15-19)28(33)34-17-26-24-9-4-2-7-22(24)23-8-3-5-10-25(23)26/h2-5,7-10,14-16,26H,1,6,11-13,17H2. The van der Waals surface area contributed by atoms with Gasteiger partial charge in [-0.1, -0.05) is 78.3 Å². The van der Waals surface area contributed by atoms with E-state index < -0.39 is 17.5 Å². The number of carbonyl (C=O) groups is 2. The van der Waals surface area contributed by atoms with Gasteiger partial charge < -0.3 is 9.47 Å². The van der Waals surface area contributed by atoms with Gasteiger partial charge in [-0.15, -0.1) is 0 Å². The molecule has 2 aliphatic carbocycles. The minimum atomic E-state index is -0.771. The van der Waals surface area contributed by atoms with Crippen molar-refractivity contribution in [3.05, 3.63) is 106 Å². The van der Waals surface area contributed by atoms with Crippen molar-refractivity contribution in [3.8, 4) is 11.1 Å². The van der Waals surface area contributed by atoms with Crippen molar-refractivity contribution in [3.63, 3.8) is 0 Å². The van der Waals surface area contributed by atoms with E-state index in [-0.39, 0.29) is 24.5 Å². The van der Waals surface area contributed by atoms with E-state index in [9.17, 15) is 9.59 Å². The van der Waals surface area contributed by atoms with Gasteiger partial charge >= 0.3 is 11.9 Å². The van der Waals surface area contributed by atoms with Crippen molar-refractivity contribution in [2.24, 2.45) is 0 Å². The second kappa shape index (κ2) is 9.52. The fraction of sp³-hybridized carbons (Fsp3) is 0.241. The van der Waals surface area contributed by atoms with Gasteiger partial charge in [0.25, 0.3) is 0 Å². The van der Waals surface area contributed by atoms with Crippen molar-refractivity contribution < 1.29 is 19.1 Å². The Morgan fingerprint density at radius 2 is 1.49 bits per heavy atom. The van der Waals surface area contributed by atoms with E-state index in [1.54, 1.807) is 18.2 Å². The smallest absolute Gasteiger partial charge is 0.334 e. The van der Waals surface area contributed by atoms with Crippen LogP contribution in [-0.2, 0) is 24.7 Å². The summed E-state index contributed by atoms with van der Waals surface area (Å²) < 4.78 is 11.4. The first-order valence-corrected chi connectivity index (χ1v) is 12.3. The predicted molar refractivity (Wildman–Crippen MR) is 137 cm³/mol. The minimum Gasteiger partial charge on any atom is -0.461 e. The van der Waals surface area contributed by atoms with Crippen molar-refractivity contribution in [1.29, 1.82) is 0 Å². The maximum Gasteiger partial charge on any atom is 0.334 e. The Balaban J connectivity index is 1.22. The van der Waals surface area contributed by atoms with Crippen LogP contribution < -0.4 is 0 Å². The summed E-state index contributed by atoms with van der Waals surface area (Å²) >= 11 is 12.3. The van der Waals surface area contributed by atoms with E-state index in [1.807, 2.05) is 24.3 Å². The van der Waals surface area contributed by atoms with Gasteiger partial charge in [-0.2, -0.15) is 0 Å². The van der Waals surface area contributed by atoms with Crippen LogP contribution in [0.1, 0.15) is 48.3 Å². The van der Waals surface area contributed by atoms with E-state index >= 15 is 0 Å². The van der Waals surface area contributed by atoms with Crippen molar-refractivity contribution in [2.75, 3.05) is 6.61 Å². The normalized spacial score (nSPS) is 15.5. The molecule has 0 N–H and O–H groups in total. The summed E-state index contributed by atoms with van der Waals surface area (Å²) in [5, 5.41) is 0.968. The molecule has 0 atom stereocenters. The second-order valence-electron chi connectivity index (χ2n) is 9.09. The van der Waals surface area contributed by atoms with Crippen molar-refractivity contribution >= 4 is 35.1 Å². The quantitative estimate of drug-likeness (QED) is 0.250. The lowest BCUT2D eigenvalue weighted by molar-refractivity contribution is -0.171. The first-order chi connectivity index (χ1) is 16.9. The number of rotatable bonds is 7. The van der Waals surface area contributed by atoms with Crippen LogP contribution in [0.5, 0.6) is 0 Å². The number of halogens is 2. The van der Waals surface area contributed by atoms with Crippen LogP contribution in [0.25, 0.3) is 11.1 Å². The van der Waals surface area contributed by atoms with Gasteiger partial charge in [0.1, 0.15) is 12.2 Å². The Labute approximate surface area is 214 Å². The number of hydrogen-bond donors (Lipinski definition) is 0. The van der Waals surface area contributed by atoms with Gasteiger partial charge in [-0.05, 0) is 65.3 Å². The molecule has 4 nitrogen and oxygen atoms in total. The molecule has 1 saturated carbocycles. The van der Waals surface area contributed by atoms with Gasteiger partial charge in [0, 0.05) is 21.5 Å². The highest BCUT2D eigenvalue weighted by Gasteiger charge is 2.43. The Kier molecular flexibility index (Phi) is 6.43. The molecule has 3 aromatic carbocycles. The molecule has 0 unspecified atom stereocenters. The lowest BCUT2D eigenvalue weighted by Gasteiger charge is -2.41. The number of fused-ring (bicyclic) bond motifs is 3. The molecule has 35 heavy (non-hydrogen) atoms. The van der Waals surface area contributed by atoms with Crippen LogP contribution in [0.4, 0.5) is 0 Å². The maximum absolute atomic E-state index is 12.7. The Morgan fingerprint density at radius 1 is 0.914 bits per heavy atom. The highest BCUT2D eigenvalue weighted by Crippen LogP contribution is 2.47. The van der Waals surface area contributed by atoms with Crippen LogP contribution in [0.3, 0.4) is 0 Å². The van der Waals surface area contributed by atoms with Gasteiger partial charge in [-0.25, -0.2) is 4.79 Å². The number of hydrogen-bond acceptors (Lipinski definition) is 4. The van der Waals surface area contributed by atoms with E-state index in [0.29, 0.717) is 22.9 Å². The zero-order valence-corrected chi connectivity index (χ0v) is 20.6. The molecule has 0 bridgehead atoms. The highest BCUT2D eigenvalue weighted by molar-refractivity contribution is 6.34. The topological polar surface area (TPSA) is 52.6 Å². The molecule has 1 fully saturated rings. The molecule has 0 saturated heterocycles. The molecule has 0 amide bonds. The molecule has 0 heterocycles. The lowest BCUT2D eigenvalue weighted by atomic mass is 9.75. The minimum absolute atomic E-state index is 0.0584. The molecular weight excluding hydrogens is 483 g/mol. The van der Waals surface area contributed by atoms with E-state index in [4.69, 9.17) is 32.7 Å². The summed E-state index contributed by atoms with van der Waals surface area (Å²) in [6, 6.07) is 21.4. The highest BCUT2D eigenvalue weighted by atomic mass is 35.5. The molecule has 0 spiro atoms. The Bertz CT molecular complexity index is 1260. The summed E-state index contributed by atoms with van der Waals surface area (Å²) in [4.78, 5) is 25.4. The SMILES string of the molecule is C=C(CC(=O)OC1(c2cc(Cl)cc(Cl)c2)CCC1)C(=O)OCC1c2ccccc2-c2ccccc21. The second-order valence-corrected chi connectivity index (χ2v) is 9.96. The molecule has 0 aromatic heterocycles. The largest absolute Gasteiger partial charge is 0.461 e. The molecule has 6 heteroatoms. The van der Waals surface area contributed by atoms with Gasteiger partial charge in [0.2, 0.25) is 0 Å². The van der Waals surface area contributed by atoms with Crippen LogP contribution in [0.2, 0.25) is 10.0 Å². The van der Waals surface area contributed by atoms with Crippen LogP contribution in [0, 0.1) is 0 Å². The fourth-order valence-corrected chi connectivity index (χ4v) is 5.49. The summed E-state index contributed by atoms with van der Waals surface area (Å²) in [5.74, 6) is -1.19. The molecule has 2 aliphatic rings. The summed E-state index contributed by atoms with van der Waals surface area (Å²) in [7, 11) is 0. The predicted octanol–water partition coefficient (Wildman–Crippen LogP) is 7.22. The maximum atomic E-state index is 12.7. The van der Waals surface area contributed by atoms with Gasteiger partial charge in [-0.3, -0.25) is 4.79 Å². The Morgan fingerprint density at radius 3 is 2.03 bits per heavy atom. The molecule has 3 aromatic rings. The first-order valence-electron chi connectivity index (χ1n) is 11.6. The average molecular weight is 507 g/mol. The summed E-state index contributed by atoms with van der Waals surface area (Å²) in [6.07, 6.45) is 2.02. The fourth-order valence-electron chi connectivity index (χ4n) is 4.97. The number of esters is 2. The summed E-state index contributed by atoms with van der Waals surface area (Å²) in [6.45, 7) is 3.96. The number of carbonyl (C=O) groups excluding carboxylic acids is 2. The van der Waals surface area contributed by atoms with Crippen LogP contribution in [-0.4, -0.2) is 18.5 Å². The molecule has 178 valence electrons. The van der Waals surface area contributed by atoms with Crippen molar-refractivity contribution in [2.45, 2.75) is 37.2 Å². The molecule has 0 aliphatic heterocycles.